The first-order valence-corrected chi connectivity index (χ1v) is 5.41. The Balaban J connectivity index is 1.64. The van der Waals surface area contributed by atoms with Gasteiger partial charge < -0.3 is 18.9 Å². The number of ether oxygens (including phenoxy) is 4. The van der Waals surface area contributed by atoms with Crippen molar-refractivity contribution in [2.24, 2.45) is 0 Å². The molecule has 92 valence electrons. The summed E-state index contributed by atoms with van der Waals surface area (Å²) in [4.78, 5) is 11.2. The molecular weight excluding hydrogens is 224 g/mol. The Hall–Kier alpha value is -1.59. The molecule has 5 nitrogen and oxygen atoms in total. The molecule has 0 aliphatic carbocycles. The van der Waals surface area contributed by atoms with Crippen LogP contribution in [-0.4, -0.2) is 32.3 Å². The van der Waals surface area contributed by atoms with Crippen molar-refractivity contribution in [1.82, 2.24) is 0 Å². The maximum Gasteiger partial charge on any atom is 0.508 e. The van der Waals surface area contributed by atoms with Gasteiger partial charge in [0.2, 0.25) is 0 Å². The van der Waals surface area contributed by atoms with Crippen LogP contribution in [0, 0.1) is 0 Å². The molecule has 1 aliphatic rings. The van der Waals surface area contributed by atoms with Crippen molar-refractivity contribution < 1.29 is 23.7 Å². The van der Waals surface area contributed by atoms with Crippen LogP contribution in [0.25, 0.3) is 0 Å². The SMILES string of the molecule is O=C(OCc1ccccc1)OCC1OCCO1. The highest BCUT2D eigenvalue weighted by atomic mass is 16.8. The third-order valence-corrected chi connectivity index (χ3v) is 2.23. The predicted molar refractivity (Wildman–Crippen MR) is 58.3 cm³/mol. The first-order valence-electron chi connectivity index (χ1n) is 5.41. The molecule has 5 heteroatoms. The van der Waals surface area contributed by atoms with Crippen LogP contribution in [0.2, 0.25) is 0 Å². The zero-order valence-electron chi connectivity index (χ0n) is 9.33. The lowest BCUT2D eigenvalue weighted by Crippen LogP contribution is -2.19. The second kappa shape index (κ2) is 6.22. The third kappa shape index (κ3) is 4.05. The Labute approximate surface area is 99.2 Å². The molecule has 17 heavy (non-hydrogen) atoms. The lowest BCUT2D eigenvalue weighted by Gasteiger charge is -2.09. The van der Waals surface area contributed by atoms with Crippen LogP contribution in [0.5, 0.6) is 0 Å². The lowest BCUT2D eigenvalue weighted by atomic mass is 10.2. The largest absolute Gasteiger partial charge is 0.508 e. The van der Waals surface area contributed by atoms with Gasteiger partial charge in [-0.1, -0.05) is 30.3 Å². The van der Waals surface area contributed by atoms with Crippen molar-refractivity contribution in [3.8, 4) is 0 Å². The summed E-state index contributed by atoms with van der Waals surface area (Å²) < 4.78 is 20.0. The van der Waals surface area contributed by atoms with E-state index in [0.29, 0.717) is 13.2 Å². The molecule has 0 atom stereocenters. The monoisotopic (exact) mass is 238 g/mol. The highest BCUT2D eigenvalue weighted by Gasteiger charge is 2.18. The molecule has 0 amide bonds. The molecule has 0 N–H and O–H groups in total. The van der Waals surface area contributed by atoms with Crippen LogP contribution in [0.1, 0.15) is 5.56 Å². The van der Waals surface area contributed by atoms with Gasteiger partial charge in [0.15, 0.2) is 6.29 Å². The molecular formula is C12H14O5. The summed E-state index contributed by atoms with van der Waals surface area (Å²) in [6.45, 7) is 1.33. The number of hydrogen-bond donors (Lipinski definition) is 0. The van der Waals surface area contributed by atoms with Gasteiger partial charge in [-0.25, -0.2) is 4.79 Å². The van der Waals surface area contributed by atoms with E-state index in [-0.39, 0.29) is 13.2 Å². The number of hydrogen-bond acceptors (Lipinski definition) is 5. The quantitative estimate of drug-likeness (QED) is 0.747. The summed E-state index contributed by atoms with van der Waals surface area (Å²) in [6.07, 6.45) is -1.17. The van der Waals surface area contributed by atoms with E-state index in [4.69, 9.17) is 18.9 Å². The predicted octanol–water partition coefficient (Wildman–Crippen LogP) is 1.71. The minimum absolute atomic E-state index is 0.0631. The van der Waals surface area contributed by atoms with Gasteiger partial charge in [-0.3, -0.25) is 0 Å². The second-order valence-corrected chi connectivity index (χ2v) is 3.51. The maximum atomic E-state index is 11.2. The first kappa shape index (κ1) is 11.9. The summed E-state index contributed by atoms with van der Waals surface area (Å²) in [5, 5.41) is 0. The molecule has 0 aromatic heterocycles. The van der Waals surface area contributed by atoms with Gasteiger partial charge in [-0.05, 0) is 5.56 Å². The Kier molecular flexibility index (Phi) is 4.35. The first-order chi connectivity index (χ1) is 8.34. The molecule has 0 unspecified atom stereocenters. The van der Waals surface area contributed by atoms with Gasteiger partial charge in [0, 0.05) is 0 Å². The summed E-state index contributed by atoms with van der Waals surface area (Å²) in [5.74, 6) is 0. The molecule has 1 aliphatic heterocycles. The van der Waals surface area contributed by atoms with Crippen LogP contribution in [0.15, 0.2) is 30.3 Å². The van der Waals surface area contributed by atoms with Crippen LogP contribution in [0.4, 0.5) is 4.79 Å². The lowest BCUT2D eigenvalue weighted by molar-refractivity contribution is -0.0875. The maximum absolute atomic E-state index is 11.2. The Bertz CT molecular complexity index is 345. The van der Waals surface area contributed by atoms with Crippen LogP contribution < -0.4 is 0 Å². The van der Waals surface area contributed by atoms with E-state index in [1.165, 1.54) is 0 Å². The topological polar surface area (TPSA) is 54.0 Å². The molecule has 1 aromatic carbocycles. The Morgan fingerprint density at radius 2 is 1.88 bits per heavy atom. The normalized spacial score (nSPS) is 15.8. The molecule has 0 saturated carbocycles. The van der Waals surface area contributed by atoms with Crippen molar-refractivity contribution in [1.29, 1.82) is 0 Å². The standard InChI is InChI=1S/C12H14O5/c13-12(17-9-11-14-6-7-15-11)16-8-10-4-2-1-3-5-10/h1-5,11H,6-9H2. The second-order valence-electron chi connectivity index (χ2n) is 3.51. The van der Waals surface area contributed by atoms with E-state index in [2.05, 4.69) is 0 Å². The minimum atomic E-state index is -0.715. The van der Waals surface area contributed by atoms with Crippen molar-refractivity contribution in [2.75, 3.05) is 19.8 Å². The molecule has 0 radical (unpaired) electrons. The van der Waals surface area contributed by atoms with Gasteiger partial charge in [0.1, 0.15) is 13.2 Å². The van der Waals surface area contributed by atoms with Crippen molar-refractivity contribution >= 4 is 6.16 Å². The average molecular weight is 238 g/mol. The Morgan fingerprint density at radius 3 is 2.59 bits per heavy atom. The zero-order chi connectivity index (χ0) is 11.9. The van der Waals surface area contributed by atoms with Crippen LogP contribution >= 0.6 is 0 Å². The number of rotatable bonds is 4. The van der Waals surface area contributed by atoms with Crippen LogP contribution in [0.3, 0.4) is 0 Å². The van der Waals surface area contributed by atoms with E-state index >= 15 is 0 Å². The van der Waals surface area contributed by atoms with E-state index < -0.39 is 12.4 Å². The summed E-state index contributed by atoms with van der Waals surface area (Å²) in [6, 6.07) is 9.40. The molecule has 2 rings (SSSR count). The average Bonchev–Trinajstić information content (AvgIpc) is 2.88. The van der Waals surface area contributed by atoms with E-state index in [0.717, 1.165) is 5.56 Å². The van der Waals surface area contributed by atoms with Crippen LogP contribution in [-0.2, 0) is 25.6 Å². The fraction of sp³-hybridized carbons (Fsp3) is 0.417. The summed E-state index contributed by atoms with van der Waals surface area (Å²) >= 11 is 0. The molecule has 1 aromatic rings. The third-order valence-electron chi connectivity index (χ3n) is 2.23. The van der Waals surface area contributed by atoms with Gasteiger partial charge in [-0.15, -0.1) is 0 Å². The van der Waals surface area contributed by atoms with Crippen molar-refractivity contribution in [2.45, 2.75) is 12.9 Å². The summed E-state index contributed by atoms with van der Waals surface area (Å²) in [5.41, 5.74) is 0.915. The van der Waals surface area contributed by atoms with E-state index in [9.17, 15) is 4.79 Å². The fourth-order valence-electron chi connectivity index (χ4n) is 1.40. The molecule has 0 bridgehead atoms. The molecule has 1 saturated heterocycles. The fourth-order valence-corrected chi connectivity index (χ4v) is 1.40. The Morgan fingerprint density at radius 1 is 1.18 bits per heavy atom. The highest BCUT2D eigenvalue weighted by molar-refractivity contribution is 5.59. The zero-order valence-corrected chi connectivity index (χ0v) is 9.33. The van der Waals surface area contributed by atoms with Gasteiger partial charge in [0.25, 0.3) is 0 Å². The number of carbonyl (C=O) groups excluding carboxylic acids is 1. The minimum Gasteiger partial charge on any atom is -0.429 e. The highest BCUT2D eigenvalue weighted by Crippen LogP contribution is 2.05. The molecule has 1 fully saturated rings. The summed E-state index contributed by atoms with van der Waals surface area (Å²) in [7, 11) is 0. The van der Waals surface area contributed by atoms with Crippen molar-refractivity contribution in [3.63, 3.8) is 0 Å². The molecule has 0 spiro atoms. The van der Waals surface area contributed by atoms with E-state index in [1.54, 1.807) is 0 Å². The van der Waals surface area contributed by atoms with Gasteiger partial charge in [0.05, 0.1) is 13.2 Å². The smallest absolute Gasteiger partial charge is 0.429 e. The van der Waals surface area contributed by atoms with E-state index in [1.807, 2.05) is 30.3 Å². The van der Waals surface area contributed by atoms with Crippen molar-refractivity contribution in [3.05, 3.63) is 35.9 Å². The molecule has 1 heterocycles. The number of carbonyl (C=O) groups is 1. The van der Waals surface area contributed by atoms with Gasteiger partial charge in [-0.2, -0.15) is 0 Å². The van der Waals surface area contributed by atoms with Gasteiger partial charge >= 0.3 is 6.16 Å². The number of benzene rings is 1.